The van der Waals surface area contributed by atoms with Crippen molar-refractivity contribution >= 4 is 5.97 Å². The number of rotatable bonds is 1. The van der Waals surface area contributed by atoms with Crippen molar-refractivity contribution in [1.82, 2.24) is 0 Å². The fourth-order valence-electron chi connectivity index (χ4n) is 0.756. The molecule has 0 bridgehead atoms. The topological polar surface area (TPSA) is 46.5 Å². The van der Waals surface area contributed by atoms with Gasteiger partial charge in [-0.15, -0.1) is 0 Å². The van der Waals surface area contributed by atoms with Gasteiger partial charge in [0.25, 0.3) is 0 Å². The molecule has 0 saturated carbocycles. The minimum atomic E-state index is -0.525. The predicted molar refractivity (Wildman–Crippen MR) is 39.4 cm³/mol. The van der Waals surface area contributed by atoms with Crippen LogP contribution in [0.2, 0.25) is 0 Å². The summed E-state index contributed by atoms with van der Waals surface area (Å²) in [5.74, 6) is -0.581. The molecule has 1 N–H and O–H groups in total. The Labute approximate surface area is 92.6 Å². The Hall–Kier alpha value is -0.510. The van der Waals surface area contributed by atoms with E-state index in [1.54, 1.807) is 12.1 Å². The van der Waals surface area contributed by atoms with Gasteiger partial charge < -0.3 is 9.84 Å². The molecular formula is C8H8NaO3+. The van der Waals surface area contributed by atoms with Gasteiger partial charge in [-0.3, -0.25) is 0 Å². The number of phenolic OH excluding ortho intramolecular Hbond substituents is 1. The number of esters is 1. The molecule has 0 amide bonds. The van der Waals surface area contributed by atoms with Gasteiger partial charge in [-0.05, 0) is 12.1 Å². The summed E-state index contributed by atoms with van der Waals surface area (Å²) in [6, 6.07) is 6.24. The van der Waals surface area contributed by atoms with Crippen LogP contribution in [0.3, 0.4) is 0 Å². The predicted octanol–water partition coefficient (Wildman–Crippen LogP) is -1.82. The zero-order valence-corrected chi connectivity index (χ0v) is 9.07. The van der Waals surface area contributed by atoms with Crippen molar-refractivity contribution in [3.63, 3.8) is 0 Å². The molecule has 0 atom stereocenters. The van der Waals surface area contributed by atoms with E-state index in [-0.39, 0.29) is 40.9 Å². The first-order chi connectivity index (χ1) is 5.25. The van der Waals surface area contributed by atoms with Crippen LogP contribution in [0.4, 0.5) is 0 Å². The summed E-state index contributed by atoms with van der Waals surface area (Å²) in [6.45, 7) is 0. The summed E-state index contributed by atoms with van der Waals surface area (Å²) in [7, 11) is 1.27. The normalized spacial score (nSPS) is 8.42. The van der Waals surface area contributed by atoms with E-state index >= 15 is 0 Å². The number of hydrogen-bond acceptors (Lipinski definition) is 3. The van der Waals surface area contributed by atoms with Gasteiger partial charge in [0.2, 0.25) is 0 Å². The van der Waals surface area contributed by atoms with Crippen molar-refractivity contribution in [2.24, 2.45) is 0 Å². The van der Waals surface area contributed by atoms with Gasteiger partial charge in [-0.2, -0.15) is 0 Å². The average Bonchev–Trinajstić information content (AvgIpc) is 2.04. The molecule has 1 aromatic rings. The van der Waals surface area contributed by atoms with Gasteiger partial charge in [0, 0.05) is 0 Å². The van der Waals surface area contributed by atoms with E-state index in [1.807, 2.05) is 0 Å². The standard InChI is InChI=1S/C8H8O3.Na/c1-11-8(10)6-4-2-3-5-7(6)9;/h2-5,9H,1H3;/q;+1. The maximum absolute atomic E-state index is 10.9. The van der Waals surface area contributed by atoms with Gasteiger partial charge in [-0.25, -0.2) is 4.79 Å². The van der Waals surface area contributed by atoms with Crippen LogP contribution in [0.1, 0.15) is 10.4 Å². The van der Waals surface area contributed by atoms with E-state index in [2.05, 4.69) is 4.74 Å². The van der Waals surface area contributed by atoms with E-state index in [0.29, 0.717) is 0 Å². The Kier molecular flexibility index (Phi) is 4.97. The summed E-state index contributed by atoms with van der Waals surface area (Å²) in [5, 5.41) is 9.11. The summed E-state index contributed by atoms with van der Waals surface area (Å²) in [5.41, 5.74) is 0.190. The van der Waals surface area contributed by atoms with Crippen molar-refractivity contribution < 1.29 is 44.2 Å². The third-order valence-corrected chi connectivity index (χ3v) is 1.31. The fraction of sp³-hybridized carbons (Fsp3) is 0.125. The molecule has 0 aromatic heterocycles. The van der Waals surface area contributed by atoms with E-state index in [1.165, 1.54) is 19.2 Å². The van der Waals surface area contributed by atoms with Gasteiger partial charge in [0.05, 0.1) is 7.11 Å². The first-order valence-electron chi connectivity index (χ1n) is 3.12. The smallest absolute Gasteiger partial charge is 0.507 e. The minimum Gasteiger partial charge on any atom is -0.507 e. The van der Waals surface area contributed by atoms with Crippen molar-refractivity contribution in [2.45, 2.75) is 0 Å². The second-order valence-electron chi connectivity index (χ2n) is 2.01. The zero-order chi connectivity index (χ0) is 8.27. The Morgan fingerprint density at radius 3 is 2.50 bits per heavy atom. The molecule has 0 spiro atoms. The van der Waals surface area contributed by atoms with Crippen LogP contribution in [0, 0.1) is 0 Å². The van der Waals surface area contributed by atoms with Crippen molar-refractivity contribution in [1.29, 1.82) is 0 Å². The van der Waals surface area contributed by atoms with Crippen molar-refractivity contribution in [3.8, 4) is 5.75 Å². The number of aromatic hydroxyl groups is 1. The average molecular weight is 175 g/mol. The molecule has 58 valence electrons. The Balaban J connectivity index is 0.00000121. The molecule has 0 radical (unpaired) electrons. The summed E-state index contributed by atoms with van der Waals surface area (Å²) >= 11 is 0. The summed E-state index contributed by atoms with van der Waals surface area (Å²) in [6.07, 6.45) is 0. The number of para-hydroxylation sites is 1. The number of benzene rings is 1. The number of ether oxygens (including phenoxy) is 1. The van der Waals surface area contributed by atoms with E-state index in [4.69, 9.17) is 5.11 Å². The maximum Gasteiger partial charge on any atom is 1.00 e. The number of phenols is 1. The van der Waals surface area contributed by atoms with Crippen molar-refractivity contribution in [2.75, 3.05) is 7.11 Å². The van der Waals surface area contributed by atoms with Crippen LogP contribution < -0.4 is 29.6 Å². The molecule has 0 aliphatic rings. The number of hydrogen-bond donors (Lipinski definition) is 1. The molecule has 0 saturated heterocycles. The zero-order valence-electron chi connectivity index (χ0n) is 7.07. The maximum atomic E-state index is 10.9. The third kappa shape index (κ3) is 2.52. The van der Waals surface area contributed by atoms with Crippen LogP contribution in [0.15, 0.2) is 24.3 Å². The molecule has 4 heteroatoms. The number of carbonyl (C=O) groups excluding carboxylic acids is 1. The van der Waals surface area contributed by atoms with Crippen molar-refractivity contribution in [3.05, 3.63) is 29.8 Å². The third-order valence-electron chi connectivity index (χ3n) is 1.31. The molecule has 0 heterocycles. The van der Waals surface area contributed by atoms with Crippen LogP contribution in [-0.2, 0) is 4.74 Å². The number of methoxy groups -OCH3 is 1. The first-order valence-corrected chi connectivity index (χ1v) is 3.12. The van der Waals surface area contributed by atoms with Gasteiger partial charge in [0.1, 0.15) is 11.3 Å². The first kappa shape index (κ1) is 11.5. The van der Waals surface area contributed by atoms with Crippen LogP contribution >= 0.6 is 0 Å². The second kappa shape index (κ2) is 5.19. The molecule has 3 nitrogen and oxygen atoms in total. The molecule has 0 unspecified atom stereocenters. The Morgan fingerprint density at radius 1 is 1.42 bits per heavy atom. The molecule has 12 heavy (non-hydrogen) atoms. The summed E-state index contributed by atoms with van der Waals surface area (Å²) < 4.78 is 4.42. The van der Waals surface area contributed by atoms with Gasteiger partial charge in [0.15, 0.2) is 0 Å². The van der Waals surface area contributed by atoms with Crippen LogP contribution in [-0.4, -0.2) is 18.2 Å². The fourth-order valence-corrected chi connectivity index (χ4v) is 0.756. The SMILES string of the molecule is COC(=O)c1ccccc1O.[Na+]. The molecule has 1 rings (SSSR count). The molecule has 0 aliphatic carbocycles. The second-order valence-corrected chi connectivity index (χ2v) is 2.01. The summed E-state index contributed by atoms with van der Waals surface area (Å²) in [4.78, 5) is 10.9. The monoisotopic (exact) mass is 175 g/mol. The van der Waals surface area contributed by atoms with E-state index < -0.39 is 5.97 Å². The van der Waals surface area contributed by atoms with E-state index in [0.717, 1.165) is 0 Å². The van der Waals surface area contributed by atoms with Gasteiger partial charge in [-0.1, -0.05) is 12.1 Å². The minimum absolute atomic E-state index is 0. The Morgan fingerprint density at radius 2 is 2.00 bits per heavy atom. The largest absolute Gasteiger partial charge is 1.00 e. The van der Waals surface area contributed by atoms with Gasteiger partial charge >= 0.3 is 35.5 Å². The number of carbonyl (C=O) groups is 1. The quantitative estimate of drug-likeness (QED) is 0.404. The Bertz CT molecular complexity index is 273. The molecule has 1 aromatic carbocycles. The van der Waals surface area contributed by atoms with E-state index in [9.17, 15) is 4.79 Å². The molecule has 0 fully saturated rings. The van der Waals surface area contributed by atoms with Crippen LogP contribution in [0.25, 0.3) is 0 Å². The van der Waals surface area contributed by atoms with Crippen LogP contribution in [0.5, 0.6) is 5.75 Å². The molecule has 0 aliphatic heterocycles. The molecular weight excluding hydrogens is 167 g/mol.